The van der Waals surface area contributed by atoms with Crippen molar-refractivity contribution in [1.29, 1.82) is 0 Å². The lowest BCUT2D eigenvalue weighted by atomic mass is 9.98. The average molecular weight is 532 g/mol. The Morgan fingerprint density at radius 2 is 2.09 bits per heavy atom. The number of carboxylic acids is 1. The van der Waals surface area contributed by atoms with Crippen LogP contribution in [0.5, 0.6) is 0 Å². The molecule has 3 heterocycles. The highest BCUT2D eigenvalue weighted by molar-refractivity contribution is 7.84. The van der Waals surface area contributed by atoms with Crippen LogP contribution in [0, 0.1) is 0 Å². The van der Waals surface area contributed by atoms with Crippen LogP contribution in [-0.2, 0) is 42.6 Å². The van der Waals surface area contributed by atoms with Gasteiger partial charge < -0.3 is 26.7 Å². The van der Waals surface area contributed by atoms with Crippen LogP contribution in [0.3, 0.4) is 0 Å². The number of carbonyl (C=O) groups excluding carboxylic acids is 2. The Morgan fingerprint density at radius 1 is 1.40 bits per heavy atom. The molecule has 1 fully saturated rings. The minimum absolute atomic E-state index is 0.0507. The normalized spacial score (nSPS) is 18.8. The third-order valence-electron chi connectivity index (χ3n) is 4.71. The SMILES string of the molecule is CC(C)(O/N=C(/C(=O)N[C@@H]1C(=O)N(S(=O)(=O)O)[C@@H]1Cn1ncc(CN)n1)c1csc(N)n1)C(=O)O. The van der Waals surface area contributed by atoms with E-state index in [1.165, 1.54) is 25.4 Å². The Labute approximate surface area is 201 Å². The van der Waals surface area contributed by atoms with Gasteiger partial charge in [-0.1, -0.05) is 5.16 Å². The van der Waals surface area contributed by atoms with E-state index in [9.17, 15) is 32.5 Å². The number of anilines is 1. The lowest BCUT2D eigenvalue weighted by molar-refractivity contribution is -0.161. The second kappa shape index (κ2) is 9.52. The van der Waals surface area contributed by atoms with Crippen LogP contribution in [0.25, 0.3) is 0 Å². The molecule has 7 N–H and O–H groups in total. The van der Waals surface area contributed by atoms with Gasteiger partial charge in [0.15, 0.2) is 10.8 Å². The second-order valence-electron chi connectivity index (χ2n) is 7.64. The van der Waals surface area contributed by atoms with Gasteiger partial charge in [0, 0.05) is 11.9 Å². The van der Waals surface area contributed by atoms with Gasteiger partial charge in [0.2, 0.25) is 5.60 Å². The van der Waals surface area contributed by atoms with Crippen LogP contribution in [0.15, 0.2) is 16.7 Å². The molecule has 0 aliphatic carbocycles. The van der Waals surface area contributed by atoms with Gasteiger partial charge in [0.1, 0.15) is 17.8 Å². The molecule has 1 aliphatic heterocycles. The van der Waals surface area contributed by atoms with Gasteiger partial charge in [-0.15, -0.1) is 11.3 Å². The highest BCUT2D eigenvalue weighted by Crippen LogP contribution is 2.25. The number of aliphatic carboxylic acids is 1. The zero-order valence-electron chi connectivity index (χ0n) is 18.2. The molecule has 2 amide bonds. The van der Waals surface area contributed by atoms with E-state index in [0.29, 0.717) is 5.69 Å². The van der Waals surface area contributed by atoms with Crippen LogP contribution in [0.1, 0.15) is 25.2 Å². The molecule has 0 spiro atoms. The number of nitrogens with zero attached hydrogens (tertiary/aromatic N) is 6. The maximum Gasteiger partial charge on any atom is 0.362 e. The Morgan fingerprint density at radius 3 is 2.60 bits per heavy atom. The molecule has 0 radical (unpaired) electrons. The number of hydrogen-bond acceptors (Lipinski definition) is 13. The maximum atomic E-state index is 13.0. The molecule has 0 saturated carbocycles. The fraction of sp³-hybridized carbons (Fsp3) is 0.438. The topological polar surface area (TPSA) is 258 Å². The van der Waals surface area contributed by atoms with E-state index in [0.717, 1.165) is 16.1 Å². The first kappa shape index (κ1) is 25.9. The van der Waals surface area contributed by atoms with Gasteiger partial charge in [-0.05, 0) is 13.8 Å². The minimum atomic E-state index is -4.97. The van der Waals surface area contributed by atoms with Crippen LogP contribution in [0.4, 0.5) is 5.13 Å². The average Bonchev–Trinajstić information content (AvgIpc) is 3.39. The number of nitrogens with one attached hydrogen (secondary N) is 1. The molecule has 190 valence electrons. The van der Waals surface area contributed by atoms with Crippen LogP contribution in [-0.4, -0.2) is 83.5 Å². The molecule has 2 atom stereocenters. The Kier molecular flexibility index (Phi) is 7.06. The van der Waals surface area contributed by atoms with Crippen molar-refractivity contribution >= 4 is 50.3 Å². The van der Waals surface area contributed by atoms with Gasteiger partial charge in [-0.2, -0.15) is 23.4 Å². The fourth-order valence-corrected chi connectivity index (χ4v) is 4.25. The summed E-state index contributed by atoms with van der Waals surface area (Å²) in [6.45, 7) is 2.10. The summed E-state index contributed by atoms with van der Waals surface area (Å²) in [5.41, 5.74) is 9.02. The van der Waals surface area contributed by atoms with Crippen LogP contribution < -0.4 is 16.8 Å². The lowest BCUT2D eigenvalue weighted by Crippen LogP contribution is -2.73. The number of oxime groups is 1. The molecule has 2 aromatic rings. The van der Waals surface area contributed by atoms with Crippen molar-refractivity contribution in [1.82, 2.24) is 29.6 Å². The summed E-state index contributed by atoms with van der Waals surface area (Å²) < 4.78 is 33.0. The number of hydrogen-bond donors (Lipinski definition) is 5. The van der Waals surface area contributed by atoms with Crippen LogP contribution in [0.2, 0.25) is 0 Å². The van der Waals surface area contributed by atoms with E-state index in [2.05, 4.69) is 25.7 Å². The Bertz CT molecular complexity index is 1290. The highest BCUT2D eigenvalue weighted by Gasteiger charge is 2.54. The summed E-state index contributed by atoms with van der Waals surface area (Å²) in [7, 11) is -4.97. The lowest BCUT2D eigenvalue weighted by Gasteiger charge is -2.43. The summed E-state index contributed by atoms with van der Waals surface area (Å²) in [5, 5.41) is 24.4. The molecule has 3 rings (SSSR count). The van der Waals surface area contributed by atoms with Crippen LogP contribution >= 0.6 is 11.3 Å². The first-order chi connectivity index (χ1) is 16.2. The number of nitrogens with two attached hydrogens (primary N) is 2. The molecular formula is C16H21N9O8S2. The number of thiazole rings is 1. The van der Waals surface area contributed by atoms with Crippen molar-refractivity contribution in [3.8, 4) is 0 Å². The quantitative estimate of drug-likeness (QED) is 0.0924. The molecular weight excluding hydrogens is 510 g/mol. The van der Waals surface area contributed by atoms with E-state index in [1.54, 1.807) is 0 Å². The number of carboxylic acid groups (broad SMARTS) is 1. The minimum Gasteiger partial charge on any atom is -0.478 e. The standard InChI is InChI=1S/C16H21N9O8S2/c1-16(2,14(28)29)33-23-10(8-6-34-15(18)20-8)12(26)21-11-9(25(13(11)27)35(30,31)32)5-24-19-4-7(3-17)22-24/h4,6,9,11H,3,5,17H2,1-2H3,(H2,18,20)(H,21,26)(H,28,29)(H,30,31,32)/b23-10+/t9-,11+/m1/s1. The molecule has 2 aromatic heterocycles. The molecule has 0 aromatic carbocycles. The highest BCUT2D eigenvalue weighted by atomic mass is 32.2. The summed E-state index contributed by atoms with van der Waals surface area (Å²) in [6, 6.07) is -2.76. The number of β-lactam (4-membered cyclic amide) rings is 1. The maximum absolute atomic E-state index is 13.0. The second-order valence-corrected chi connectivity index (χ2v) is 9.82. The van der Waals surface area contributed by atoms with Gasteiger partial charge >= 0.3 is 16.3 Å². The van der Waals surface area contributed by atoms with Crippen molar-refractivity contribution in [2.75, 3.05) is 5.73 Å². The van der Waals surface area contributed by atoms with Gasteiger partial charge in [0.05, 0.1) is 18.4 Å². The predicted octanol–water partition coefficient (Wildman–Crippen LogP) is -2.44. The third-order valence-corrected chi connectivity index (χ3v) is 6.33. The number of amides is 2. The van der Waals surface area contributed by atoms with E-state index in [-0.39, 0.29) is 28.2 Å². The Balaban J connectivity index is 1.89. The van der Waals surface area contributed by atoms with Crippen molar-refractivity contribution in [3.63, 3.8) is 0 Å². The van der Waals surface area contributed by atoms with Crippen molar-refractivity contribution in [2.24, 2.45) is 10.9 Å². The number of rotatable bonds is 10. The van der Waals surface area contributed by atoms with Gasteiger partial charge in [-0.3, -0.25) is 14.1 Å². The molecule has 0 bridgehead atoms. The van der Waals surface area contributed by atoms with Crippen molar-refractivity contribution in [3.05, 3.63) is 23.0 Å². The van der Waals surface area contributed by atoms with Gasteiger partial charge in [0.25, 0.3) is 11.8 Å². The molecule has 19 heteroatoms. The first-order valence-corrected chi connectivity index (χ1v) is 11.9. The first-order valence-electron chi connectivity index (χ1n) is 9.66. The zero-order chi connectivity index (χ0) is 26.1. The van der Waals surface area contributed by atoms with Crippen molar-refractivity contribution in [2.45, 2.75) is 44.6 Å². The molecule has 1 saturated heterocycles. The summed E-state index contributed by atoms with van der Waals surface area (Å²) in [6.07, 6.45) is 1.32. The Hall–Kier alpha value is -3.68. The molecule has 0 unspecified atom stereocenters. The smallest absolute Gasteiger partial charge is 0.362 e. The predicted molar refractivity (Wildman–Crippen MR) is 118 cm³/mol. The zero-order valence-corrected chi connectivity index (χ0v) is 19.9. The third kappa shape index (κ3) is 5.53. The monoisotopic (exact) mass is 531 g/mol. The van der Waals surface area contributed by atoms with Gasteiger partial charge in [-0.25, -0.2) is 14.1 Å². The van der Waals surface area contributed by atoms with Crippen molar-refractivity contribution < 1.29 is 37.3 Å². The summed E-state index contributed by atoms with van der Waals surface area (Å²) in [5.74, 6) is -3.56. The molecule has 17 nitrogen and oxygen atoms in total. The number of carbonyl (C=O) groups is 3. The fourth-order valence-electron chi connectivity index (χ4n) is 2.83. The molecule has 1 aliphatic rings. The van der Waals surface area contributed by atoms with E-state index < -0.39 is 51.5 Å². The number of aromatic nitrogens is 4. The van der Waals surface area contributed by atoms with E-state index in [4.69, 9.17) is 16.3 Å². The number of nitrogen functional groups attached to an aromatic ring is 1. The van der Waals surface area contributed by atoms with E-state index >= 15 is 0 Å². The largest absolute Gasteiger partial charge is 0.478 e. The molecule has 35 heavy (non-hydrogen) atoms. The summed E-state index contributed by atoms with van der Waals surface area (Å²) >= 11 is 0.956. The summed E-state index contributed by atoms with van der Waals surface area (Å²) in [4.78, 5) is 46.8. The van der Waals surface area contributed by atoms with E-state index in [1.807, 2.05) is 0 Å².